The van der Waals surface area contributed by atoms with Crippen LogP contribution in [0.4, 0.5) is 5.69 Å². The maximum atomic E-state index is 4.39. The summed E-state index contributed by atoms with van der Waals surface area (Å²) in [6.45, 7) is 7.96. The molecule has 0 bridgehead atoms. The number of benzene rings is 2. The van der Waals surface area contributed by atoms with E-state index in [1.54, 1.807) is 0 Å². The first-order valence-electron chi connectivity index (χ1n) is 11.8. The maximum Gasteiger partial charge on any atom is 0.191 e. The van der Waals surface area contributed by atoms with Crippen molar-refractivity contribution in [2.45, 2.75) is 19.5 Å². The number of nitrogens with one attached hydrogen (secondary N) is 2. The number of guanidine groups is 1. The lowest BCUT2D eigenvalue weighted by molar-refractivity contribution is 0.255. The van der Waals surface area contributed by atoms with Crippen molar-refractivity contribution in [3.05, 3.63) is 84.2 Å². The Bertz CT molecular complexity index is 983. The van der Waals surface area contributed by atoms with Crippen molar-refractivity contribution in [2.75, 3.05) is 51.2 Å². The zero-order valence-electron chi connectivity index (χ0n) is 19.9. The smallest absolute Gasteiger partial charge is 0.191 e. The molecule has 4 rings (SSSR count). The highest BCUT2D eigenvalue weighted by Gasteiger charge is 2.16. The van der Waals surface area contributed by atoms with Crippen molar-refractivity contribution in [3.63, 3.8) is 0 Å². The molecule has 34 heavy (non-hydrogen) atoms. The summed E-state index contributed by atoms with van der Waals surface area (Å²) < 4.78 is 1.95. The summed E-state index contributed by atoms with van der Waals surface area (Å²) in [6.07, 6.45) is 4.91. The van der Waals surface area contributed by atoms with Gasteiger partial charge in [0.25, 0.3) is 0 Å². The number of rotatable bonds is 9. The van der Waals surface area contributed by atoms with Crippen LogP contribution in [0, 0.1) is 0 Å². The van der Waals surface area contributed by atoms with E-state index in [1.165, 1.54) is 16.8 Å². The number of halogens is 1. The molecule has 0 aliphatic carbocycles. The van der Waals surface area contributed by atoms with Crippen LogP contribution in [0.2, 0.25) is 0 Å². The Balaban J connectivity index is 0.00000324. The van der Waals surface area contributed by atoms with Gasteiger partial charge in [0.1, 0.15) is 0 Å². The molecule has 0 spiro atoms. The second-order valence-corrected chi connectivity index (χ2v) is 8.34. The van der Waals surface area contributed by atoms with Gasteiger partial charge in [0.15, 0.2) is 5.96 Å². The van der Waals surface area contributed by atoms with Gasteiger partial charge in [-0.3, -0.25) is 14.6 Å². The van der Waals surface area contributed by atoms with Crippen LogP contribution in [0.25, 0.3) is 0 Å². The van der Waals surface area contributed by atoms with Crippen LogP contribution in [-0.2, 0) is 13.1 Å². The Hall–Kier alpha value is -2.59. The van der Waals surface area contributed by atoms with Gasteiger partial charge in [-0.05, 0) is 42.3 Å². The van der Waals surface area contributed by atoms with Crippen LogP contribution in [0.15, 0.2) is 78.0 Å². The lowest BCUT2D eigenvalue weighted by atomic mass is 10.1. The molecule has 7 nitrogen and oxygen atoms in total. The van der Waals surface area contributed by atoms with Gasteiger partial charge in [-0.1, -0.05) is 42.5 Å². The van der Waals surface area contributed by atoms with Gasteiger partial charge in [-0.25, -0.2) is 0 Å². The second kappa shape index (κ2) is 14.0. The Morgan fingerprint density at radius 2 is 1.65 bits per heavy atom. The van der Waals surface area contributed by atoms with Gasteiger partial charge in [0.2, 0.25) is 0 Å². The molecule has 8 heteroatoms. The number of hydrogen-bond acceptors (Lipinski definition) is 4. The van der Waals surface area contributed by atoms with Crippen LogP contribution >= 0.6 is 24.0 Å². The molecular formula is C26H36IN7. The first-order chi connectivity index (χ1) is 16.3. The van der Waals surface area contributed by atoms with Gasteiger partial charge in [0.05, 0.1) is 6.54 Å². The topological polar surface area (TPSA) is 60.7 Å². The van der Waals surface area contributed by atoms with E-state index in [2.05, 4.69) is 85.1 Å². The fourth-order valence-electron chi connectivity index (χ4n) is 4.23. The molecule has 0 atom stereocenters. The van der Waals surface area contributed by atoms with Crippen LogP contribution in [0.1, 0.15) is 17.5 Å². The van der Waals surface area contributed by atoms with E-state index >= 15 is 0 Å². The Morgan fingerprint density at radius 3 is 2.35 bits per heavy atom. The van der Waals surface area contributed by atoms with Crippen LogP contribution in [-0.4, -0.2) is 67.0 Å². The number of para-hydroxylation sites is 1. The number of anilines is 1. The van der Waals surface area contributed by atoms with Crippen molar-refractivity contribution in [1.82, 2.24) is 25.3 Å². The van der Waals surface area contributed by atoms with Crippen molar-refractivity contribution in [1.29, 1.82) is 0 Å². The number of nitrogens with zero attached hydrogens (tertiary/aromatic N) is 5. The van der Waals surface area contributed by atoms with Crippen molar-refractivity contribution in [2.24, 2.45) is 4.99 Å². The summed E-state index contributed by atoms with van der Waals surface area (Å²) in [6, 6.07) is 21.2. The molecule has 0 amide bonds. The van der Waals surface area contributed by atoms with Gasteiger partial charge >= 0.3 is 0 Å². The average molecular weight is 574 g/mol. The minimum Gasteiger partial charge on any atom is -0.369 e. The minimum atomic E-state index is 0. The molecule has 0 saturated carbocycles. The van der Waals surface area contributed by atoms with Crippen LogP contribution in [0.5, 0.6) is 0 Å². The first kappa shape index (κ1) is 26.0. The van der Waals surface area contributed by atoms with E-state index in [9.17, 15) is 0 Å². The van der Waals surface area contributed by atoms with E-state index in [0.717, 1.165) is 64.7 Å². The van der Waals surface area contributed by atoms with Crippen LogP contribution in [0.3, 0.4) is 0 Å². The maximum absolute atomic E-state index is 4.39. The fraction of sp³-hybridized carbons (Fsp3) is 0.385. The quantitative estimate of drug-likeness (QED) is 0.178. The fourth-order valence-corrected chi connectivity index (χ4v) is 4.23. The molecule has 2 N–H and O–H groups in total. The molecule has 2 aromatic carbocycles. The standard InChI is InChI=1S/C26H35N7.HI/c1-27-26(29-21-23-9-5-6-10-24(23)22-33-16-8-14-30-33)28-13-7-15-31-17-19-32(20-18-31)25-11-3-2-4-12-25;/h2-6,8-12,14,16H,7,13,15,17-22H2,1H3,(H2,27,28,29);1H. The Morgan fingerprint density at radius 1 is 0.912 bits per heavy atom. The zero-order valence-corrected chi connectivity index (χ0v) is 22.3. The molecule has 1 saturated heterocycles. The highest BCUT2D eigenvalue weighted by atomic mass is 127. The third-order valence-electron chi connectivity index (χ3n) is 6.12. The number of aliphatic imine (C=N–C) groups is 1. The highest BCUT2D eigenvalue weighted by Crippen LogP contribution is 2.15. The molecular weight excluding hydrogens is 537 g/mol. The predicted molar refractivity (Wildman–Crippen MR) is 151 cm³/mol. The van der Waals surface area contributed by atoms with Gasteiger partial charge in [0, 0.05) is 64.4 Å². The molecule has 1 aliphatic rings. The number of piperazine rings is 1. The first-order valence-corrected chi connectivity index (χ1v) is 11.8. The zero-order chi connectivity index (χ0) is 22.7. The second-order valence-electron chi connectivity index (χ2n) is 8.34. The summed E-state index contributed by atoms with van der Waals surface area (Å²) >= 11 is 0. The third-order valence-corrected chi connectivity index (χ3v) is 6.12. The van der Waals surface area contributed by atoms with Crippen molar-refractivity contribution in [3.8, 4) is 0 Å². The summed E-state index contributed by atoms with van der Waals surface area (Å²) in [5, 5.41) is 11.2. The SMILES string of the molecule is CN=C(NCCCN1CCN(c2ccccc2)CC1)NCc1ccccc1Cn1cccn1.I. The summed E-state index contributed by atoms with van der Waals surface area (Å²) in [5.74, 6) is 0.845. The van der Waals surface area contributed by atoms with Crippen molar-refractivity contribution < 1.29 is 0 Å². The molecule has 182 valence electrons. The summed E-state index contributed by atoms with van der Waals surface area (Å²) in [4.78, 5) is 9.43. The van der Waals surface area contributed by atoms with E-state index in [0.29, 0.717) is 0 Å². The molecule has 1 fully saturated rings. The number of aromatic nitrogens is 2. The molecule has 0 radical (unpaired) electrons. The number of hydrogen-bond donors (Lipinski definition) is 2. The molecule has 1 aromatic heterocycles. The Kier molecular flexibility index (Phi) is 10.7. The Labute approximate surface area is 220 Å². The van der Waals surface area contributed by atoms with Crippen molar-refractivity contribution >= 4 is 35.6 Å². The normalized spacial score (nSPS) is 14.5. The molecule has 2 heterocycles. The average Bonchev–Trinajstić information content (AvgIpc) is 3.38. The van der Waals surface area contributed by atoms with E-state index in [-0.39, 0.29) is 24.0 Å². The molecule has 0 unspecified atom stereocenters. The summed E-state index contributed by atoms with van der Waals surface area (Å²) in [7, 11) is 1.83. The van der Waals surface area contributed by atoms with Crippen LogP contribution < -0.4 is 15.5 Å². The largest absolute Gasteiger partial charge is 0.369 e. The molecule has 3 aromatic rings. The van der Waals surface area contributed by atoms with E-state index in [1.807, 2.05) is 30.2 Å². The van der Waals surface area contributed by atoms with E-state index in [4.69, 9.17) is 0 Å². The monoisotopic (exact) mass is 573 g/mol. The third kappa shape index (κ3) is 7.73. The predicted octanol–water partition coefficient (Wildman–Crippen LogP) is 3.43. The highest BCUT2D eigenvalue weighted by molar-refractivity contribution is 14.0. The van der Waals surface area contributed by atoms with E-state index < -0.39 is 0 Å². The van der Waals surface area contributed by atoms with Gasteiger partial charge in [-0.2, -0.15) is 5.10 Å². The lowest BCUT2D eigenvalue weighted by Crippen LogP contribution is -2.47. The van der Waals surface area contributed by atoms with Gasteiger partial charge in [-0.15, -0.1) is 24.0 Å². The van der Waals surface area contributed by atoms with Gasteiger partial charge < -0.3 is 15.5 Å². The molecule has 1 aliphatic heterocycles. The summed E-state index contributed by atoms with van der Waals surface area (Å²) in [5.41, 5.74) is 3.85. The minimum absolute atomic E-state index is 0. The lowest BCUT2D eigenvalue weighted by Gasteiger charge is -2.36.